The number of nitrogens with zero attached hydrogens (tertiary/aromatic N) is 2. The largest absolute Gasteiger partial charge is 0.461 e. The van der Waals surface area contributed by atoms with E-state index in [1.54, 1.807) is 13.3 Å². The minimum Gasteiger partial charge on any atom is -0.461 e. The van der Waals surface area contributed by atoms with E-state index in [9.17, 15) is 4.79 Å². The van der Waals surface area contributed by atoms with Gasteiger partial charge in [-0.2, -0.15) is 0 Å². The van der Waals surface area contributed by atoms with E-state index in [2.05, 4.69) is 17.2 Å². The molecule has 3 unspecified atom stereocenters. The molecule has 0 aliphatic carbocycles. The van der Waals surface area contributed by atoms with Gasteiger partial charge in [0.1, 0.15) is 5.82 Å². The summed E-state index contributed by atoms with van der Waals surface area (Å²) in [6.07, 6.45) is 5.04. The third-order valence-corrected chi connectivity index (χ3v) is 4.42. The molecule has 3 atom stereocenters. The molecule has 6 heteroatoms. The Labute approximate surface area is 124 Å². The first kappa shape index (κ1) is 14.4. The van der Waals surface area contributed by atoms with Crippen LogP contribution in [-0.2, 0) is 9.47 Å². The average molecular weight is 293 g/mol. The Bertz CT molecular complexity index is 508. The molecule has 2 aliphatic rings. The summed E-state index contributed by atoms with van der Waals surface area (Å²) in [7, 11) is 0. The summed E-state index contributed by atoms with van der Waals surface area (Å²) in [5.41, 5.74) is 0.394. The number of ether oxygens (including phenoxy) is 2. The molecule has 1 saturated heterocycles. The van der Waals surface area contributed by atoms with Gasteiger partial charge in [0.05, 0.1) is 19.5 Å². The van der Waals surface area contributed by atoms with Crippen LogP contribution in [0.15, 0.2) is 6.33 Å². The van der Waals surface area contributed by atoms with Gasteiger partial charge in [-0.25, -0.2) is 9.78 Å². The van der Waals surface area contributed by atoms with E-state index < -0.39 is 0 Å². The fraction of sp³-hybridized carbons (Fsp3) is 0.733. The first-order chi connectivity index (χ1) is 10.2. The molecule has 116 valence electrons. The molecule has 0 saturated carbocycles. The number of anilines is 1. The standard InChI is InChI=1S/C15H23N3O3/c1-3-21-15(19)13-14-17-12(11-5-4-6-20-8-11)7-10(2)18(14)9-16-13/h9-12,17H,3-8H2,1-2H3. The summed E-state index contributed by atoms with van der Waals surface area (Å²) in [5, 5.41) is 3.50. The molecule has 1 N–H and O–H groups in total. The van der Waals surface area contributed by atoms with Crippen LogP contribution in [0.25, 0.3) is 0 Å². The highest BCUT2D eigenvalue weighted by Crippen LogP contribution is 2.34. The average Bonchev–Trinajstić information content (AvgIpc) is 2.93. The molecule has 6 nitrogen and oxygen atoms in total. The van der Waals surface area contributed by atoms with Gasteiger partial charge in [-0.15, -0.1) is 0 Å². The van der Waals surface area contributed by atoms with Crippen molar-refractivity contribution in [2.24, 2.45) is 5.92 Å². The molecular formula is C15H23N3O3. The van der Waals surface area contributed by atoms with Crippen LogP contribution in [0.3, 0.4) is 0 Å². The van der Waals surface area contributed by atoms with Crippen molar-refractivity contribution >= 4 is 11.8 Å². The number of fused-ring (bicyclic) bond motifs is 1. The van der Waals surface area contributed by atoms with Gasteiger partial charge in [-0.05, 0) is 33.1 Å². The molecular weight excluding hydrogens is 270 g/mol. The summed E-state index contributed by atoms with van der Waals surface area (Å²) in [6.45, 7) is 5.99. The molecule has 1 fully saturated rings. The zero-order chi connectivity index (χ0) is 14.8. The second kappa shape index (κ2) is 6.05. The van der Waals surface area contributed by atoms with Crippen LogP contribution in [0.2, 0.25) is 0 Å². The zero-order valence-corrected chi connectivity index (χ0v) is 12.7. The van der Waals surface area contributed by atoms with Gasteiger partial charge in [0.25, 0.3) is 0 Å². The highest BCUT2D eigenvalue weighted by Gasteiger charge is 2.33. The number of hydrogen-bond donors (Lipinski definition) is 1. The van der Waals surface area contributed by atoms with Crippen molar-refractivity contribution in [3.63, 3.8) is 0 Å². The van der Waals surface area contributed by atoms with E-state index in [-0.39, 0.29) is 5.97 Å². The van der Waals surface area contributed by atoms with E-state index in [4.69, 9.17) is 9.47 Å². The van der Waals surface area contributed by atoms with E-state index in [1.807, 2.05) is 4.57 Å². The van der Waals surface area contributed by atoms with Crippen molar-refractivity contribution < 1.29 is 14.3 Å². The maximum Gasteiger partial charge on any atom is 0.360 e. The maximum atomic E-state index is 12.0. The molecule has 1 aromatic rings. The second-order valence-electron chi connectivity index (χ2n) is 5.88. The Morgan fingerprint density at radius 1 is 1.62 bits per heavy atom. The van der Waals surface area contributed by atoms with Crippen molar-refractivity contribution in [1.29, 1.82) is 0 Å². The fourth-order valence-electron chi connectivity index (χ4n) is 3.30. The lowest BCUT2D eigenvalue weighted by molar-refractivity contribution is 0.0436. The topological polar surface area (TPSA) is 65.4 Å². The van der Waals surface area contributed by atoms with Crippen molar-refractivity contribution in [1.82, 2.24) is 9.55 Å². The Morgan fingerprint density at radius 2 is 2.48 bits per heavy atom. The van der Waals surface area contributed by atoms with E-state index in [0.717, 1.165) is 31.9 Å². The number of esters is 1. The number of nitrogens with one attached hydrogen (secondary N) is 1. The lowest BCUT2D eigenvalue weighted by Gasteiger charge is -2.37. The zero-order valence-electron chi connectivity index (χ0n) is 12.7. The van der Waals surface area contributed by atoms with Gasteiger partial charge in [0, 0.05) is 24.6 Å². The predicted octanol–water partition coefficient (Wildman–Crippen LogP) is 2.23. The summed E-state index contributed by atoms with van der Waals surface area (Å²) in [4.78, 5) is 16.2. The highest BCUT2D eigenvalue weighted by molar-refractivity contribution is 5.92. The molecule has 0 spiro atoms. The van der Waals surface area contributed by atoms with Crippen LogP contribution >= 0.6 is 0 Å². The number of carbonyl (C=O) groups excluding carboxylic acids is 1. The van der Waals surface area contributed by atoms with Crippen LogP contribution in [0.5, 0.6) is 0 Å². The summed E-state index contributed by atoms with van der Waals surface area (Å²) in [6, 6.07) is 0.654. The number of aromatic nitrogens is 2. The summed E-state index contributed by atoms with van der Waals surface area (Å²) >= 11 is 0. The SMILES string of the molecule is CCOC(=O)c1ncn2c1NC(C1CCCOC1)CC2C. The summed E-state index contributed by atoms with van der Waals surface area (Å²) < 4.78 is 12.7. The molecule has 3 heterocycles. The predicted molar refractivity (Wildman–Crippen MR) is 78.5 cm³/mol. The third kappa shape index (κ3) is 2.77. The van der Waals surface area contributed by atoms with Crippen LogP contribution in [-0.4, -0.2) is 41.4 Å². The number of hydrogen-bond acceptors (Lipinski definition) is 5. The molecule has 0 amide bonds. The molecule has 1 aromatic heterocycles. The molecule has 0 aromatic carbocycles. The van der Waals surface area contributed by atoms with Crippen molar-refractivity contribution in [3.05, 3.63) is 12.0 Å². The van der Waals surface area contributed by atoms with E-state index in [1.165, 1.54) is 6.42 Å². The molecule has 3 rings (SSSR count). The van der Waals surface area contributed by atoms with Crippen molar-refractivity contribution in [3.8, 4) is 0 Å². The smallest absolute Gasteiger partial charge is 0.360 e. The first-order valence-electron chi connectivity index (χ1n) is 7.79. The van der Waals surface area contributed by atoms with E-state index >= 15 is 0 Å². The Hall–Kier alpha value is -1.56. The van der Waals surface area contributed by atoms with Gasteiger partial charge >= 0.3 is 5.97 Å². The lowest BCUT2D eigenvalue weighted by Crippen LogP contribution is -2.40. The maximum absolute atomic E-state index is 12.0. The highest BCUT2D eigenvalue weighted by atomic mass is 16.5. The Balaban J connectivity index is 1.81. The molecule has 21 heavy (non-hydrogen) atoms. The Kier molecular flexibility index (Phi) is 4.14. The molecule has 0 bridgehead atoms. The van der Waals surface area contributed by atoms with Crippen LogP contribution in [0, 0.1) is 5.92 Å². The Morgan fingerprint density at radius 3 is 3.19 bits per heavy atom. The first-order valence-corrected chi connectivity index (χ1v) is 7.79. The minimum atomic E-state index is -0.355. The van der Waals surface area contributed by atoms with Gasteiger partial charge in [0.2, 0.25) is 0 Å². The van der Waals surface area contributed by atoms with Crippen molar-refractivity contribution in [2.45, 2.75) is 45.2 Å². The van der Waals surface area contributed by atoms with Crippen LogP contribution in [0.1, 0.15) is 49.6 Å². The monoisotopic (exact) mass is 293 g/mol. The quantitative estimate of drug-likeness (QED) is 0.866. The minimum absolute atomic E-state index is 0.323. The molecule has 0 radical (unpaired) electrons. The molecule has 2 aliphatic heterocycles. The van der Waals surface area contributed by atoms with Crippen LogP contribution in [0.4, 0.5) is 5.82 Å². The normalized spacial score (nSPS) is 28.6. The third-order valence-electron chi connectivity index (χ3n) is 4.42. The lowest BCUT2D eigenvalue weighted by atomic mass is 9.88. The van der Waals surface area contributed by atoms with Crippen molar-refractivity contribution in [2.75, 3.05) is 25.1 Å². The number of imidazole rings is 1. The summed E-state index contributed by atoms with van der Waals surface area (Å²) in [5.74, 6) is 0.939. The van der Waals surface area contributed by atoms with E-state index in [0.29, 0.717) is 30.3 Å². The number of rotatable bonds is 3. The number of carbonyl (C=O) groups is 1. The van der Waals surface area contributed by atoms with Gasteiger partial charge in [-0.3, -0.25) is 0 Å². The van der Waals surface area contributed by atoms with Gasteiger partial charge in [0.15, 0.2) is 5.69 Å². The second-order valence-corrected chi connectivity index (χ2v) is 5.88. The van der Waals surface area contributed by atoms with Crippen LogP contribution < -0.4 is 5.32 Å². The fourth-order valence-corrected chi connectivity index (χ4v) is 3.30. The van der Waals surface area contributed by atoms with Gasteiger partial charge in [-0.1, -0.05) is 0 Å². The van der Waals surface area contributed by atoms with Gasteiger partial charge < -0.3 is 19.4 Å².